The average Bonchev–Trinajstić information content (AvgIpc) is 3.10. The zero-order chi connectivity index (χ0) is 17.9. The molecule has 1 aliphatic heterocycles. The summed E-state index contributed by atoms with van der Waals surface area (Å²) >= 11 is 1.62. The van der Waals surface area contributed by atoms with Gasteiger partial charge in [-0.3, -0.25) is 4.79 Å². The summed E-state index contributed by atoms with van der Waals surface area (Å²) in [4.78, 5) is 27.0. The molecule has 4 rings (SSSR count). The molecule has 134 valence electrons. The van der Waals surface area contributed by atoms with Crippen molar-refractivity contribution in [2.75, 3.05) is 18.0 Å². The van der Waals surface area contributed by atoms with Crippen LogP contribution in [0.2, 0.25) is 0 Å². The number of nitrogens with zero attached hydrogens (tertiary/aromatic N) is 4. The largest absolute Gasteiger partial charge is 0.353 e. The van der Waals surface area contributed by atoms with Crippen molar-refractivity contribution >= 4 is 33.3 Å². The van der Waals surface area contributed by atoms with E-state index in [0.29, 0.717) is 19.5 Å². The van der Waals surface area contributed by atoms with Crippen LogP contribution < -0.4 is 4.90 Å². The first-order valence-corrected chi connectivity index (χ1v) is 9.90. The van der Waals surface area contributed by atoms with Crippen molar-refractivity contribution in [3.05, 3.63) is 53.7 Å². The lowest BCUT2D eigenvalue weighted by Gasteiger charge is -2.31. The third-order valence-electron chi connectivity index (χ3n) is 5.00. The van der Waals surface area contributed by atoms with Gasteiger partial charge in [0.2, 0.25) is 5.91 Å². The van der Waals surface area contributed by atoms with E-state index in [1.807, 2.05) is 28.5 Å². The standard InChI is InChI=1S/C20H22N4OS/c1-2-16-13-23(19-17-9-11-26-20(17)22-14-21-19)10-8-18(25)24(16)12-15-6-4-3-5-7-15/h3-7,9,11,14,16H,2,8,10,12-13H2,1H3. The van der Waals surface area contributed by atoms with Gasteiger partial charge in [-0.1, -0.05) is 37.3 Å². The highest BCUT2D eigenvalue weighted by molar-refractivity contribution is 7.16. The molecule has 0 bridgehead atoms. The summed E-state index contributed by atoms with van der Waals surface area (Å²) in [6, 6.07) is 12.5. The van der Waals surface area contributed by atoms with Crippen LogP contribution in [0.5, 0.6) is 0 Å². The molecule has 1 fully saturated rings. The molecular weight excluding hydrogens is 344 g/mol. The number of amides is 1. The Bertz CT molecular complexity index is 895. The predicted octanol–water partition coefficient (Wildman–Crippen LogP) is 3.71. The maximum absolute atomic E-state index is 12.8. The first kappa shape index (κ1) is 17.0. The normalized spacial score (nSPS) is 18.3. The van der Waals surface area contributed by atoms with Gasteiger partial charge in [0.05, 0.1) is 5.39 Å². The van der Waals surface area contributed by atoms with E-state index in [-0.39, 0.29) is 11.9 Å². The number of benzene rings is 1. The zero-order valence-electron chi connectivity index (χ0n) is 14.8. The van der Waals surface area contributed by atoms with E-state index in [4.69, 9.17) is 0 Å². The highest BCUT2D eigenvalue weighted by atomic mass is 32.1. The van der Waals surface area contributed by atoms with Crippen LogP contribution in [0.3, 0.4) is 0 Å². The highest BCUT2D eigenvalue weighted by Gasteiger charge is 2.29. The summed E-state index contributed by atoms with van der Waals surface area (Å²) < 4.78 is 0. The van der Waals surface area contributed by atoms with Gasteiger partial charge in [-0.25, -0.2) is 9.97 Å². The van der Waals surface area contributed by atoms with Crippen LogP contribution in [0, 0.1) is 0 Å². The van der Waals surface area contributed by atoms with Crippen LogP contribution in [0.1, 0.15) is 25.3 Å². The van der Waals surface area contributed by atoms with E-state index < -0.39 is 0 Å². The molecule has 6 heteroatoms. The van der Waals surface area contributed by atoms with E-state index in [9.17, 15) is 4.79 Å². The van der Waals surface area contributed by atoms with Crippen molar-refractivity contribution in [3.8, 4) is 0 Å². The Morgan fingerprint density at radius 3 is 2.85 bits per heavy atom. The summed E-state index contributed by atoms with van der Waals surface area (Å²) in [6.45, 7) is 4.32. The molecule has 1 saturated heterocycles. The molecule has 0 radical (unpaired) electrons. The lowest BCUT2D eigenvalue weighted by Crippen LogP contribution is -2.42. The monoisotopic (exact) mass is 366 g/mol. The van der Waals surface area contributed by atoms with Gasteiger partial charge >= 0.3 is 0 Å². The molecule has 0 spiro atoms. The molecule has 1 aromatic carbocycles. The molecule has 0 N–H and O–H groups in total. The van der Waals surface area contributed by atoms with E-state index in [1.165, 1.54) is 5.56 Å². The fourth-order valence-corrected chi connectivity index (χ4v) is 4.32. The van der Waals surface area contributed by atoms with Gasteiger partial charge in [-0.2, -0.15) is 0 Å². The Kier molecular flexibility index (Phi) is 4.84. The summed E-state index contributed by atoms with van der Waals surface area (Å²) in [5.74, 6) is 1.17. The Hall–Kier alpha value is -2.47. The zero-order valence-corrected chi connectivity index (χ0v) is 15.7. The van der Waals surface area contributed by atoms with E-state index >= 15 is 0 Å². The van der Waals surface area contributed by atoms with Crippen molar-refractivity contribution in [1.29, 1.82) is 0 Å². The number of aromatic nitrogens is 2. The van der Waals surface area contributed by atoms with Crippen molar-refractivity contribution in [2.24, 2.45) is 0 Å². The number of rotatable bonds is 4. The van der Waals surface area contributed by atoms with Crippen molar-refractivity contribution in [1.82, 2.24) is 14.9 Å². The van der Waals surface area contributed by atoms with Crippen LogP contribution in [0.25, 0.3) is 10.2 Å². The average molecular weight is 366 g/mol. The van der Waals surface area contributed by atoms with Crippen LogP contribution in [0.15, 0.2) is 48.1 Å². The lowest BCUT2D eigenvalue weighted by molar-refractivity contribution is -0.133. The number of thiophene rings is 1. The molecular formula is C20H22N4OS. The second kappa shape index (κ2) is 7.41. The Balaban J connectivity index is 1.62. The van der Waals surface area contributed by atoms with Gasteiger partial charge < -0.3 is 9.80 Å². The van der Waals surface area contributed by atoms with Crippen LogP contribution in [-0.4, -0.2) is 39.9 Å². The van der Waals surface area contributed by atoms with Gasteiger partial charge in [0.25, 0.3) is 0 Å². The van der Waals surface area contributed by atoms with E-state index in [2.05, 4.69) is 40.0 Å². The van der Waals surface area contributed by atoms with Crippen molar-refractivity contribution in [2.45, 2.75) is 32.4 Å². The minimum absolute atomic E-state index is 0.175. The summed E-state index contributed by atoms with van der Waals surface area (Å²) in [5, 5.41) is 3.13. The number of fused-ring (bicyclic) bond motifs is 1. The second-order valence-corrected chi connectivity index (χ2v) is 7.50. The quantitative estimate of drug-likeness (QED) is 0.706. The van der Waals surface area contributed by atoms with E-state index in [0.717, 1.165) is 29.0 Å². The number of carbonyl (C=O) groups excluding carboxylic acids is 1. The van der Waals surface area contributed by atoms with Gasteiger partial charge in [-0.15, -0.1) is 11.3 Å². The molecule has 1 unspecified atom stereocenters. The molecule has 5 nitrogen and oxygen atoms in total. The van der Waals surface area contributed by atoms with Gasteiger partial charge in [0.15, 0.2) is 0 Å². The van der Waals surface area contributed by atoms with E-state index in [1.54, 1.807) is 17.7 Å². The fourth-order valence-electron chi connectivity index (χ4n) is 3.59. The molecule has 0 saturated carbocycles. The minimum Gasteiger partial charge on any atom is -0.353 e. The highest BCUT2D eigenvalue weighted by Crippen LogP contribution is 2.29. The SMILES string of the molecule is CCC1CN(c2ncnc3sccc23)CCC(=O)N1Cc1ccccc1. The first-order valence-electron chi connectivity index (χ1n) is 9.03. The van der Waals surface area contributed by atoms with Crippen molar-refractivity contribution in [3.63, 3.8) is 0 Å². The summed E-state index contributed by atoms with van der Waals surface area (Å²) in [5.41, 5.74) is 1.18. The van der Waals surface area contributed by atoms with Crippen LogP contribution in [0.4, 0.5) is 5.82 Å². The lowest BCUT2D eigenvalue weighted by atomic mass is 10.1. The molecule has 1 atom stereocenters. The molecule has 3 heterocycles. The fraction of sp³-hybridized carbons (Fsp3) is 0.350. The topological polar surface area (TPSA) is 49.3 Å². The van der Waals surface area contributed by atoms with Gasteiger partial charge in [0, 0.05) is 32.1 Å². The Morgan fingerprint density at radius 1 is 1.19 bits per heavy atom. The number of anilines is 1. The summed E-state index contributed by atoms with van der Waals surface area (Å²) in [6.07, 6.45) is 3.06. The third-order valence-corrected chi connectivity index (χ3v) is 5.82. The predicted molar refractivity (Wildman–Crippen MR) is 105 cm³/mol. The number of hydrogen-bond acceptors (Lipinski definition) is 5. The molecule has 2 aromatic heterocycles. The molecule has 26 heavy (non-hydrogen) atoms. The smallest absolute Gasteiger partial charge is 0.224 e. The van der Waals surface area contributed by atoms with Gasteiger partial charge in [0.1, 0.15) is 17.0 Å². The minimum atomic E-state index is 0.175. The Labute approximate surface area is 157 Å². The maximum Gasteiger partial charge on any atom is 0.224 e. The maximum atomic E-state index is 12.8. The molecule has 1 amide bonds. The number of hydrogen-bond donors (Lipinski definition) is 0. The van der Waals surface area contributed by atoms with Crippen LogP contribution in [-0.2, 0) is 11.3 Å². The third kappa shape index (κ3) is 3.29. The molecule has 1 aliphatic rings. The number of carbonyl (C=O) groups is 1. The first-order chi connectivity index (χ1) is 12.8. The molecule has 3 aromatic rings. The Morgan fingerprint density at radius 2 is 2.04 bits per heavy atom. The van der Waals surface area contributed by atoms with Crippen LogP contribution >= 0.6 is 11.3 Å². The van der Waals surface area contributed by atoms with Crippen molar-refractivity contribution < 1.29 is 4.79 Å². The molecule has 0 aliphatic carbocycles. The second-order valence-electron chi connectivity index (χ2n) is 6.60. The van der Waals surface area contributed by atoms with Gasteiger partial charge in [-0.05, 0) is 23.4 Å². The summed E-state index contributed by atoms with van der Waals surface area (Å²) in [7, 11) is 0.